The number of ether oxygens (including phenoxy) is 1. The Morgan fingerprint density at radius 2 is 2.10 bits per heavy atom. The van der Waals surface area contributed by atoms with Gasteiger partial charge < -0.3 is 15.2 Å². The average molecular weight is 294 g/mol. The second-order valence-corrected chi connectivity index (χ2v) is 5.45. The Morgan fingerprint density at radius 3 is 2.71 bits per heavy atom. The molecule has 0 aliphatic carbocycles. The molecule has 1 amide bonds. The van der Waals surface area contributed by atoms with Gasteiger partial charge in [-0.1, -0.05) is 24.3 Å². The number of benzene rings is 1. The van der Waals surface area contributed by atoms with Crippen molar-refractivity contribution in [2.45, 2.75) is 26.0 Å². The van der Waals surface area contributed by atoms with Gasteiger partial charge in [0.1, 0.15) is 0 Å². The summed E-state index contributed by atoms with van der Waals surface area (Å²) in [7, 11) is 3.34. The first kappa shape index (κ1) is 17.6. The molecule has 0 aliphatic heterocycles. The van der Waals surface area contributed by atoms with Gasteiger partial charge in [-0.15, -0.1) is 0 Å². The van der Waals surface area contributed by atoms with Crippen LogP contribution in [0.2, 0.25) is 0 Å². The number of carbonyl (C=O) groups is 1. The smallest absolute Gasteiger partial charge is 0.234 e. The van der Waals surface area contributed by atoms with Gasteiger partial charge in [-0.2, -0.15) is 0 Å². The molecule has 0 saturated heterocycles. The first-order valence-electron chi connectivity index (χ1n) is 7.14. The average Bonchev–Trinajstić information content (AvgIpc) is 2.38. The third kappa shape index (κ3) is 6.25. The third-order valence-electron chi connectivity index (χ3n) is 3.33. The topological polar surface area (TPSA) is 61.8 Å². The number of likely N-dealkylation sites (N-methyl/N-ethyl adjacent to an activating group) is 1. The van der Waals surface area contributed by atoms with Crippen LogP contribution in [0.3, 0.4) is 0 Å². The first-order valence-corrected chi connectivity index (χ1v) is 7.14. The zero-order valence-corrected chi connectivity index (χ0v) is 13.3. The quantitative estimate of drug-likeness (QED) is 0.754. The van der Waals surface area contributed by atoms with Gasteiger partial charge in [0, 0.05) is 13.7 Å². The summed E-state index contributed by atoms with van der Waals surface area (Å²) in [6, 6.07) is 7.98. The number of nitrogens with zero attached hydrogens (tertiary/aromatic N) is 1. The van der Waals surface area contributed by atoms with Gasteiger partial charge in [-0.3, -0.25) is 9.69 Å². The van der Waals surface area contributed by atoms with Crippen LogP contribution in [0.4, 0.5) is 0 Å². The SMILES string of the molecule is COCC(O)CN(C)CC(=O)NC(C)c1ccccc1C. The highest BCUT2D eigenvalue weighted by Gasteiger charge is 2.14. The molecule has 1 aromatic carbocycles. The fraction of sp³-hybridized carbons (Fsp3) is 0.562. The minimum Gasteiger partial charge on any atom is -0.389 e. The van der Waals surface area contributed by atoms with Gasteiger partial charge in [-0.25, -0.2) is 0 Å². The normalized spacial score (nSPS) is 14.0. The molecule has 0 spiro atoms. The van der Waals surface area contributed by atoms with Crippen LogP contribution in [0, 0.1) is 6.92 Å². The zero-order chi connectivity index (χ0) is 15.8. The molecular formula is C16H26N2O3. The first-order chi connectivity index (χ1) is 9.93. The molecule has 5 nitrogen and oxygen atoms in total. The lowest BCUT2D eigenvalue weighted by molar-refractivity contribution is -0.122. The minimum absolute atomic E-state index is 0.0315. The number of rotatable bonds is 8. The van der Waals surface area contributed by atoms with Crippen molar-refractivity contribution in [1.29, 1.82) is 0 Å². The Morgan fingerprint density at radius 1 is 1.43 bits per heavy atom. The Bertz CT molecular complexity index is 451. The molecule has 0 fully saturated rings. The van der Waals surface area contributed by atoms with Gasteiger partial charge >= 0.3 is 0 Å². The van der Waals surface area contributed by atoms with Gasteiger partial charge in [0.2, 0.25) is 5.91 Å². The zero-order valence-electron chi connectivity index (χ0n) is 13.3. The third-order valence-corrected chi connectivity index (χ3v) is 3.33. The minimum atomic E-state index is -0.582. The highest BCUT2D eigenvalue weighted by molar-refractivity contribution is 5.78. The number of methoxy groups -OCH3 is 1. The highest BCUT2D eigenvalue weighted by Crippen LogP contribution is 2.16. The second-order valence-electron chi connectivity index (χ2n) is 5.45. The van der Waals surface area contributed by atoms with Crippen molar-refractivity contribution in [2.24, 2.45) is 0 Å². The molecule has 118 valence electrons. The van der Waals surface area contributed by atoms with Crippen molar-refractivity contribution in [2.75, 3.05) is 33.9 Å². The molecule has 0 saturated carbocycles. The molecule has 2 unspecified atom stereocenters. The largest absolute Gasteiger partial charge is 0.389 e. The predicted molar refractivity (Wildman–Crippen MR) is 83.1 cm³/mol. The molecule has 2 atom stereocenters. The van der Waals surface area contributed by atoms with E-state index in [0.717, 1.165) is 11.1 Å². The van der Waals surface area contributed by atoms with E-state index in [1.807, 2.05) is 38.1 Å². The van der Waals surface area contributed by atoms with Gasteiger partial charge in [0.15, 0.2) is 0 Å². The van der Waals surface area contributed by atoms with Crippen LogP contribution in [-0.4, -0.2) is 55.9 Å². The van der Waals surface area contributed by atoms with Crippen molar-refractivity contribution in [1.82, 2.24) is 10.2 Å². The van der Waals surface area contributed by atoms with E-state index in [1.165, 1.54) is 0 Å². The standard InChI is InChI=1S/C16H26N2O3/c1-12-7-5-6-8-15(12)13(2)17-16(20)10-18(3)9-14(19)11-21-4/h5-8,13-14,19H,9-11H2,1-4H3,(H,17,20). The number of aryl methyl sites for hydroxylation is 1. The summed E-state index contributed by atoms with van der Waals surface area (Å²) in [4.78, 5) is 13.8. The van der Waals surface area contributed by atoms with E-state index in [1.54, 1.807) is 19.1 Å². The number of carbonyl (C=O) groups excluding carboxylic acids is 1. The number of aliphatic hydroxyl groups is 1. The Balaban J connectivity index is 2.44. The molecule has 1 rings (SSSR count). The molecular weight excluding hydrogens is 268 g/mol. The lowest BCUT2D eigenvalue weighted by Gasteiger charge is -2.22. The summed E-state index contributed by atoms with van der Waals surface area (Å²) < 4.78 is 4.87. The van der Waals surface area contributed by atoms with Gasteiger partial charge in [0.25, 0.3) is 0 Å². The van der Waals surface area contributed by atoms with E-state index in [9.17, 15) is 9.90 Å². The molecule has 0 heterocycles. The number of hydrogen-bond donors (Lipinski definition) is 2. The lowest BCUT2D eigenvalue weighted by atomic mass is 10.0. The Labute approximate surface area is 126 Å². The molecule has 2 N–H and O–H groups in total. The molecule has 21 heavy (non-hydrogen) atoms. The predicted octanol–water partition coefficient (Wildman–Crippen LogP) is 1.11. The number of aliphatic hydroxyl groups excluding tert-OH is 1. The van der Waals surface area contributed by atoms with E-state index < -0.39 is 6.10 Å². The maximum atomic E-state index is 12.0. The van der Waals surface area contributed by atoms with Crippen molar-refractivity contribution >= 4 is 5.91 Å². The van der Waals surface area contributed by atoms with Crippen molar-refractivity contribution in [3.8, 4) is 0 Å². The fourth-order valence-corrected chi connectivity index (χ4v) is 2.35. The van der Waals surface area contributed by atoms with Crippen LogP contribution in [0.15, 0.2) is 24.3 Å². The maximum absolute atomic E-state index is 12.0. The van der Waals surface area contributed by atoms with Gasteiger partial charge in [-0.05, 0) is 32.0 Å². The van der Waals surface area contributed by atoms with Crippen molar-refractivity contribution in [3.63, 3.8) is 0 Å². The summed E-state index contributed by atoms with van der Waals surface area (Å²) in [5, 5.41) is 12.6. The number of amides is 1. The number of hydrogen-bond acceptors (Lipinski definition) is 4. The van der Waals surface area contributed by atoms with Crippen LogP contribution in [0.5, 0.6) is 0 Å². The van der Waals surface area contributed by atoms with Crippen molar-refractivity contribution in [3.05, 3.63) is 35.4 Å². The lowest BCUT2D eigenvalue weighted by Crippen LogP contribution is -2.40. The van der Waals surface area contributed by atoms with E-state index in [-0.39, 0.29) is 25.1 Å². The molecule has 5 heteroatoms. The monoisotopic (exact) mass is 294 g/mol. The van der Waals surface area contributed by atoms with Crippen LogP contribution >= 0.6 is 0 Å². The molecule has 0 aliphatic rings. The second kappa shape index (κ2) is 8.77. The summed E-state index contributed by atoms with van der Waals surface area (Å²) in [5.74, 6) is -0.0575. The fourth-order valence-electron chi connectivity index (χ4n) is 2.35. The molecule has 0 aromatic heterocycles. The van der Waals surface area contributed by atoms with E-state index in [4.69, 9.17) is 4.74 Å². The number of nitrogens with one attached hydrogen (secondary N) is 1. The summed E-state index contributed by atoms with van der Waals surface area (Å²) >= 11 is 0. The van der Waals surface area contributed by atoms with Crippen LogP contribution in [0.25, 0.3) is 0 Å². The van der Waals surface area contributed by atoms with E-state index in [0.29, 0.717) is 6.54 Å². The Kier molecular flexibility index (Phi) is 7.36. The highest BCUT2D eigenvalue weighted by atomic mass is 16.5. The van der Waals surface area contributed by atoms with E-state index >= 15 is 0 Å². The Hall–Kier alpha value is -1.43. The van der Waals surface area contributed by atoms with Gasteiger partial charge in [0.05, 0.1) is 25.3 Å². The van der Waals surface area contributed by atoms with Crippen LogP contribution in [0.1, 0.15) is 24.1 Å². The molecule has 0 bridgehead atoms. The summed E-state index contributed by atoms with van der Waals surface area (Å²) in [6.45, 7) is 4.92. The summed E-state index contributed by atoms with van der Waals surface area (Å²) in [6.07, 6.45) is -0.582. The molecule has 1 aromatic rings. The summed E-state index contributed by atoms with van der Waals surface area (Å²) in [5.41, 5.74) is 2.28. The van der Waals surface area contributed by atoms with Crippen molar-refractivity contribution < 1.29 is 14.6 Å². The maximum Gasteiger partial charge on any atom is 0.234 e. The van der Waals surface area contributed by atoms with Crippen LogP contribution in [-0.2, 0) is 9.53 Å². The van der Waals surface area contributed by atoms with Crippen LogP contribution < -0.4 is 5.32 Å². The van der Waals surface area contributed by atoms with E-state index in [2.05, 4.69) is 5.32 Å². The molecule has 0 radical (unpaired) electrons.